The summed E-state index contributed by atoms with van der Waals surface area (Å²) in [5.74, 6) is 1.95. The van der Waals surface area contributed by atoms with E-state index in [1.807, 2.05) is 7.11 Å². The van der Waals surface area contributed by atoms with Crippen LogP contribution in [0.4, 0.5) is 8.78 Å². The Morgan fingerprint density at radius 3 is 1.94 bits per heavy atom. The molecule has 0 aliphatic heterocycles. The van der Waals surface area contributed by atoms with Crippen molar-refractivity contribution in [3.8, 4) is 11.5 Å². The summed E-state index contributed by atoms with van der Waals surface area (Å²) in [7, 11) is 1.86. The molecule has 0 aromatic heterocycles. The van der Waals surface area contributed by atoms with Crippen LogP contribution in [0.3, 0.4) is 0 Å². The Balaban J connectivity index is 1.22. The van der Waals surface area contributed by atoms with E-state index in [4.69, 9.17) is 14.2 Å². The highest BCUT2D eigenvalue weighted by Gasteiger charge is 2.38. The van der Waals surface area contributed by atoms with E-state index in [9.17, 15) is 8.78 Å². The summed E-state index contributed by atoms with van der Waals surface area (Å²) in [4.78, 5) is 0. The van der Waals surface area contributed by atoms with Gasteiger partial charge in [0.2, 0.25) is 11.6 Å². The third kappa shape index (κ3) is 5.35. The predicted octanol–water partition coefficient (Wildman–Crippen LogP) is 6.78. The van der Waals surface area contributed by atoms with Crippen molar-refractivity contribution in [1.82, 2.24) is 0 Å². The van der Waals surface area contributed by atoms with Gasteiger partial charge >= 0.3 is 0 Å². The van der Waals surface area contributed by atoms with Crippen LogP contribution in [0.15, 0.2) is 12.1 Å². The molecule has 0 N–H and O–H groups in total. The summed E-state index contributed by atoms with van der Waals surface area (Å²) in [6.45, 7) is 2.51. The topological polar surface area (TPSA) is 27.7 Å². The van der Waals surface area contributed by atoms with Gasteiger partial charge in [0.1, 0.15) is 0 Å². The summed E-state index contributed by atoms with van der Waals surface area (Å²) in [5.41, 5.74) is 0. The summed E-state index contributed by atoms with van der Waals surface area (Å²) >= 11 is 0. The van der Waals surface area contributed by atoms with Crippen LogP contribution in [0.1, 0.15) is 71.1 Å². The summed E-state index contributed by atoms with van der Waals surface area (Å²) < 4.78 is 44.7. The SMILES string of the molecule is CCOc1ccc(OCC2CCC(C3CCC4CC(OC)CCC4C3)CC2)c(F)c1F. The van der Waals surface area contributed by atoms with Crippen molar-refractivity contribution in [2.24, 2.45) is 29.6 Å². The Bertz CT molecular complexity index is 717. The molecule has 0 radical (unpaired) electrons. The van der Waals surface area contributed by atoms with Crippen molar-refractivity contribution >= 4 is 0 Å². The van der Waals surface area contributed by atoms with Crippen LogP contribution in [-0.4, -0.2) is 26.4 Å². The van der Waals surface area contributed by atoms with E-state index in [0.29, 0.717) is 25.2 Å². The molecule has 3 fully saturated rings. The number of hydrogen-bond acceptors (Lipinski definition) is 3. The molecule has 1 aromatic carbocycles. The molecule has 0 saturated heterocycles. The number of fused-ring (bicyclic) bond motifs is 1. The molecule has 4 rings (SSSR count). The Hall–Kier alpha value is -1.36. The zero-order valence-corrected chi connectivity index (χ0v) is 19.1. The highest BCUT2D eigenvalue weighted by molar-refractivity contribution is 5.35. The fraction of sp³-hybridized carbons (Fsp3) is 0.769. The molecule has 3 aliphatic carbocycles. The molecule has 0 heterocycles. The van der Waals surface area contributed by atoms with Crippen LogP contribution >= 0.6 is 0 Å². The van der Waals surface area contributed by atoms with Gasteiger partial charge in [-0.2, -0.15) is 8.78 Å². The van der Waals surface area contributed by atoms with Gasteiger partial charge in [-0.15, -0.1) is 0 Å². The Morgan fingerprint density at radius 2 is 1.29 bits per heavy atom. The van der Waals surface area contributed by atoms with E-state index in [-0.39, 0.29) is 11.5 Å². The number of rotatable bonds is 7. The lowest BCUT2D eigenvalue weighted by atomic mass is 9.62. The molecule has 3 aliphatic rings. The first-order chi connectivity index (χ1) is 15.1. The fourth-order valence-electron chi connectivity index (χ4n) is 6.45. The molecule has 174 valence electrons. The first-order valence-electron chi connectivity index (χ1n) is 12.3. The van der Waals surface area contributed by atoms with Crippen LogP contribution in [0, 0.1) is 41.2 Å². The Morgan fingerprint density at radius 1 is 0.742 bits per heavy atom. The quantitative estimate of drug-likeness (QED) is 0.471. The minimum absolute atomic E-state index is 0.00643. The molecule has 3 saturated carbocycles. The lowest BCUT2D eigenvalue weighted by molar-refractivity contribution is -0.00422. The zero-order chi connectivity index (χ0) is 21.8. The van der Waals surface area contributed by atoms with E-state index in [1.165, 1.54) is 63.5 Å². The lowest BCUT2D eigenvalue weighted by Gasteiger charge is -2.45. The van der Waals surface area contributed by atoms with Crippen molar-refractivity contribution < 1.29 is 23.0 Å². The third-order valence-electron chi connectivity index (χ3n) is 8.28. The number of methoxy groups -OCH3 is 1. The number of halogens is 2. The van der Waals surface area contributed by atoms with Crippen molar-refractivity contribution in [1.29, 1.82) is 0 Å². The summed E-state index contributed by atoms with van der Waals surface area (Å²) in [6, 6.07) is 2.93. The van der Waals surface area contributed by atoms with Crippen molar-refractivity contribution in [3.05, 3.63) is 23.8 Å². The molecule has 1 aromatic rings. The molecular formula is C26H38F2O3. The highest BCUT2D eigenvalue weighted by Crippen LogP contribution is 2.48. The molecular weight excluding hydrogens is 398 g/mol. The maximum Gasteiger partial charge on any atom is 0.204 e. The second-order valence-electron chi connectivity index (χ2n) is 9.98. The summed E-state index contributed by atoms with van der Waals surface area (Å²) in [6.07, 6.45) is 13.2. The fourth-order valence-corrected chi connectivity index (χ4v) is 6.45. The molecule has 31 heavy (non-hydrogen) atoms. The number of hydrogen-bond donors (Lipinski definition) is 0. The van der Waals surface area contributed by atoms with Crippen LogP contribution in [-0.2, 0) is 4.74 Å². The van der Waals surface area contributed by atoms with Gasteiger partial charge in [-0.3, -0.25) is 0 Å². The van der Waals surface area contributed by atoms with Crippen molar-refractivity contribution in [2.75, 3.05) is 20.3 Å². The van der Waals surface area contributed by atoms with Crippen LogP contribution in [0.2, 0.25) is 0 Å². The van der Waals surface area contributed by atoms with Gasteiger partial charge in [0.25, 0.3) is 0 Å². The van der Waals surface area contributed by atoms with Gasteiger partial charge in [-0.25, -0.2) is 0 Å². The maximum atomic E-state index is 14.2. The van der Waals surface area contributed by atoms with Gasteiger partial charge in [0.05, 0.1) is 19.3 Å². The predicted molar refractivity (Wildman–Crippen MR) is 117 cm³/mol. The van der Waals surface area contributed by atoms with E-state index in [2.05, 4.69) is 0 Å². The first kappa shape index (κ1) is 22.8. The molecule has 0 spiro atoms. The molecule has 5 heteroatoms. The minimum atomic E-state index is -0.960. The van der Waals surface area contributed by atoms with Gasteiger partial charge in [0.15, 0.2) is 11.5 Å². The van der Waals surface area contributed by atoms with E-state index in [1.54, 1.807) is 6.92 Å². The van der Waals surface area contributed by atoms with Gasteiger partial charge in [0, 0.05) is 7.11 Å². The smallest absolute Gasteiger partial charge is 0.204 e. The van der Waals surface area contributed by atoms with Gasteiger partial charge in [-0.1, -0.05) is 0 Å². The van der Waals surface area contributed by atoms with Crippen molar-refractivity contribution in [3.63, 3.8) is 0 Å². The van der Waals surface area contributed by atoms with Gasteiger partial charge < -0.3 is 14.2 Å². The zero-order valence-electron chi connectivity index (χ0n) is 19.1. The normalized spacial score (nSPS) is 33.5. The molecule has 0 bridgehead atoms. The molecule has 0 amide bonds. The second-order valence-corrected chi connectivity index (χ2v) is 9.98. The van der Waals surface area contributed by atoms with Gasteiger partial charge in [-0.05, 0) is 113 Å². The number of ether oxygens (including phenoxy) is 3. The minimum Gasteiger partial charge on any atom is -0.491 e. The average Bonchev–Trinajstić information content (AvgIpc) is 2.81. The summed E-state index contributed by atoms with van der Waals surface area (Å²) in [5, 5.41) is 0. The molecule has 4 atom stereocenters. The average molecular weight is 437 g/mol. The third-order valence-corrected chi connectivity index (χ3v) is 8.28. The van der Waals surface area contributed by atoms with Crippen LogP contribution in [0.25, 0.3) is 0 Å². The van der Waals surface area contributed by atoms with Crippen molar-refractivity contribution in [2.45, 2.75) is 77.2 Å². The Labute approximate surface area is 185 Å². The first-order valence-corrected chi connectivity index (χ1v) is 12.3. The maximum absolute atomic E-state index is 14.2. The van der Waals surface area contributed by atoms with E-state index < -0.39 is 11.6 Å². The largest absolute Gasteiger partial charge is 0.491 e. The number of benzene rings is 1. The van der Waals surface area contributed by atoms with E-state index >= 15 is 0 Å². The molecule has 3 nitrogen and oxygen atoms in total. The molecule has 4 unspecified atom stereocenters. The monoisotopic (exact) mass is 436 g/mol. The lowest BCUT2D eigenvalue weighted by Crippen LogP contribution is -2.36. The van der Waals surface area contributed by atoms with Crippen LogP contribution in [0.5, 0.6) is 11.5 Å². The van der Waals surface area contributed by atoms with Crippen LogP contribution < -0.4 is 9.47 Å². The standard InChI is InChI=1S/C26H38F2O3/c1-3-30-23-12-13-24(26(28)25(23)27)31-16-17-4-6-18(7-5-17)19-8-9-21-15-22(29-2)11-10-20(21)14-19/h12-13,17-22H,3-11,14-16H2,1-2H3. The second kappa shape index (κ2) is 10.5. The Kier molecular flexibility index (Phi) is 7.73. The highest BCUT2D eigenvalue weighted by atomic mass is 19.2. The van der Waals surface area contributed by atoms with E-state index in [0.717, 1.165) is 36.5 Å².